The van der Waals surface area contributed by atoms with Crippen molar-refractivity contribution in [3.63, 3.8) is 0 Å². The van der Waals surface area contributed by atoms with Crippen LogP contribution in [0.15, 0.2) is 0 Å². The zero-order valence-corrected chi connectivity index (χ0v) is 14.6. The number of carbonyl (C=O) groups excluding carboxylic acids is 3. The molecule has 2 fully saturated rings. The number of hydrogen-bond acceptors (Lipinski definition) is 5. The van der Waals surface area contributed by atoms with E-state index in [0.29, 0.717) is 26.2 Å². The van der Waals surface area contributed by atoms with E-state index in [1.54, 1.807) is 6.92 Å². The van der Waals surface area contributed by atoms with Crippen LogP contribution in [0.25, 0.3) is 0 Å². The molecule has 26 heavy (non-hydrogen) atoms. The first-order valence-corrected chi connectivity index (χ1v) is 8.60. The molecule has 0 aliphatic carbocycles. The molecule has 0 aromatic rings. The first-order chi connectivity index (χ1) is 12.2. The topological polar surface area (TPSA) is 85.0 Å². The Hall–Kier alpha value is -1.88. The summed E-state index contributed by atoms with van der Waals surface area (Å²) in [6, 6.07) is -1.78. The van der Waals surface area contributed by atoms with Crippen molar-refractivity contribution in [3.8, 4) is 0 Å². The third kappa shape index (κ3) is 5.07. The molecule has 11 heteroatoms. The van der Waals surface area contributed by atoms with Crippen molar-refractivity contribution >= 4 is 17.7 Å². The van der Waals surface area contributed by atoms with Gasteiger partial charge in [0.25, 0.3) is 0 Å². The third-order valence-electron chi connectivity index (χ3n) is 4.58. The van der Waals surface area contributed by atoms with Gasteiger partial charge in [-0.25, -0.2) is 0 Å². The van der Waals surface area contributed by atoms with Gasteiger partial charge < -0.3 is 20.4 Å². The second-order valence-electron chi connectivity index (χ2n) is 6.26. The van der Waals surface area contributed by atoms with Gasteiger partial charge in [-0.2, -0.15) is 13.2 Å². The summed E-state index contributed by atoms with van der Waals surface area (Å²) in [6.45, 7) is 3.01. The highest BCUT2D eigenvalue weighted by Gasteiger charge is 2.44. The molecule has 2 aliphatic rings. The summed E-state index contributed by atoms with van der Waals surface area (Å²) in [6.07, 6.45) is -4.47. The van der Waals surface area contributed by atoms with Crippen LogP contribution in [0.1, 0.15) is 6.92 Å². The van der Waals surface area contributed by atoms with Gasteiger partial charge in [-0.1, -0.05) is 0 Å². The molecule has 0 aromatic heterocycles. The summed E-state index contributed by atoms with van der Waals surface area (Å²) < 4.78 is 39.8. The van der Waals surface area contributed by atoms with Crippen molar-refractivity contribution in [1.82, 2.24) is 25.3 Å². The van der Waals surface area contributed by atoms with Gasteiger partial charge in [0.1, 0.15) is 12.6 Å². The molecule has 2 N–H and O–H groups in total. The van der Waals surface area contributed by atoms with Crippen molar-refractivity contribution in [2.75, 3.05) is 58.9 Å². The largest absolute Gasteiger partial charge is 0.405 e. The Morgan fingerprint density at radius 3 is 2.27 bits per heavy atom. The first-order valence-electron chi connectivity index (χ1n) is 8.60. The van der Waals surface area contributed by atoms with Gasteiger partial charge in [-0.05, 0) is 6.92 Å². The molecule has 3 amide bonds. The van der Waals surface area contributed by atoms with Crippen LogP contribution in [-0.4, -0.2) is 104 Å². The van der Waals surface area contributed by atoms with E-state index in [1.165, 1.54) is 9.80 Å². The lowest BCUT2D eigenvalue weighted by molar-refractivity contribution is -0.184. The van der Waals surface area contributed by atoms with Crippen LogP contribution in [0.5, 0.6) is 0 Å². The van der Waals surface area contributed by atoms with E-state index >= 15 is 0 Å². The average Bonchev–Trinajstić information content (AvgIpc) is 2.59. The lowest BCUT2D eigenvalue weighted by Gasteiger charge is -2.36. The number of amides is 3. The maximum Gasteiger partial charge on any atom is 0.405 e. The predicted molar refractivity (Wildman–Crippen MR) is 86.1 cm³/mol. The molecule has 2 saturated heterocycles. The molecule has 0 bridgehead atoms. The number of carbonyl (C=O) groups is 3. The van der Waals surface area contributed by atoms with Crippen LogP contribution in [0.2, 0.25) is 0 Å². The maximum atomic E-state index is 13.3. The fraction of sp³-hybridized carbons (Fsp3) is 0.800. The first kappa shape index (κ1) is 20.4. The summed E-state index contributed by atoms with van der Waals surface area (Å²) in [5, 5.41) is 5.24. The minimum absolute atomic E-state index is 0.187. The van der Waals surface area contributed by atoms with E-state index in [9.17, 15) is 27.6 Å². The van der Waals surface area contributed by atoms with Gasteiger partial charge in [0.2, 0.25) is 5.91 Å². The van der Waals surface area contributed by atoms with E-state index in [0.717, 1.165) is 4.90 Å². The number of likely N-dealkylation sites (N-methyl/N-ethyl adjacent to an activating group) is 1. The summed E-state index contributed by atoms with van der Waals surface area (Å²) in [5.74, 6) is -2.20. The lowest BCUT2D eigenvalue weighted by atomic mass is 10.2. The minimum Gasteiger partial charge on any atom is -0.353 e. The van der Waals surface area contributed by atoms with Crippen molar-refractivity contribution < 1.29 is 27.6 Å². The van der Waals surface area contributed by atoms with Crippen LogP contribution in [0.4, 0.5) is 13.2 Å². The molecule has 1 unspecified atom stereocenters. The van der Waals surface area contributed by atoms with Gasteiger partial charge >= 0.3 is 18.0 Å². The van der Waals surface area contributed by atoms with Gasteiger partial charge in [0.05, 0.1) is 0 Å². The van der Waals surface area contributed by atoms with Gasteiger partial charge in [-0.3, -0.25) is 19.3 Å². The summed E-state index contributed by atoms with van der Waals surface area (Å²) in [4.78, 5) is 39.4. The fourth-order valence-corrected chi connectivity index (χ4v) is 3.05. The van der Waals surface area contributed by atoms with Crippen LogP contribution in [-0.2, 0) is 14.4 Å². The SMILES string of the molecule is CCN1CCN(CC(=O)NCC(N2CCNCC2)C(F)(F)F)C(=O)C1=O. The van der Waals surface area contributed by atoms with Gasteiger partial charge in [0.15, 0.2) is 0 Å². The van der Waals surface area contributed by atoms with E-state index < -0.39 is 43.0 Å². The average molecular weight is 379 g/mol. The third-order valence-corrected chi connectivity index (χ3v) is 4.58. The molecule has 2 rings (SSSR count). The van der Waals surface area contributed by atoms with Gasteiger partial charge in [0, 0.05) is 52.4 Å². The molecule has 8 nitrogen and oxygen atoms in total. The number of alkyl halides is 3. The molecule has 0 spiro atoms. The molecule has 2 aliphatic heterocycles. The number of rotatable bonds is 6. The number of nitrogens with one attached hydrogen (secondary N) is 2. The smallest absolute Gasteiger partial charge is 0.353 e. The lowest BCUT2D eigenvalue weighted by Crippen LogP contribution is -2.59. The predicted octanol–water partition coefficient (Wildman–Crippen LogP) is -1.37. The van der Waals surface area contributed by atoms with Crippen molar-refractivity contribution in [2.24, 2.45) is 0 Å². The van der Waals surface area contributed by atoms with E-state index in [4.69, 9.17) is 0 Å². The number of hydrogen-bond donors (Lipinski definition) is 2. The van der Waals surface area contributed by atoms with E-state index in [2.05, 4.69) is 10.6 Å². The second kappa shape index (κ2) is 8.67. The summed E-state index contributed by atoms with van der Waals surface area (Å²) >= 11 is 0. The normalized spacial score (nSPS) is 21.1. The standard InChI is InChI=1S/C15H24F3N5O3/c1-2-21-7-8-23(14(26)13(21)25)10-12(24)20-9-11(15(16,17)18)22-5-3-19-4-6-22/h11,19H,2-10H2,1H3,(H,20,24). The van der Waals surface area contributed by atoms with Crippen LogP contribution < -0.4 is 10.6 Å². The Morgan fingerprint density at radius 2 is 1.69 bits per heavy atom. The summed E-state index contributed by atoms with van der Waals surface area (Å²) in [5.41, 5.74) is 0. The highest BCUT2D eigenvalue weighted by atomic mass is 19.4. The van der Waals surface area contributed by atoms with Crippen molar-refractivity contribution in [3.05, 3.63) is 0 Å². The summed E-state index contributed by atoms with van der Waals surface area (Å²) in [7, 11) is 0. The highest BCUT2D eigenvalue weighted by molar-refractivity contribution is 6.35. The quantitative estimate of drug-likeness (QED) is 0.557. The van der Waals surface area contributed by atoms with E-state index in [1.807, 2.05) is 0 Å². The van der Waals surface area contributed by atoms with Crippen LogP contribution in [0, 0.1) is 0 Å². The Kier molecular flexibility index (Phi) is 6.81. The fourth-order valence-electron chi connectivity index (χ4n) is 3.05. The highest BCUT2D eigenvalue weighted by Crippen LogP contribution is 2.24. The number of piperazine rings is 2. The Bertz CT molecular complexity index is 537. The van der Waals surface area contributed by atoms with Crippen LogP contribution >= 0.6 is 0 Å². The molecular weight excluding hydrogens is 355 g/mol. The Morgan fingerprint density at radius 1 is 1.12 bits per heavy atom. The zero-order chi connectivity index (χ0) is 19.3. The molecular formula is C15H24F3N5O3. The number of nitrogens with zero attached hydrogens (tertiary/aromatic N) is 3. The number of halogens is 3. The minimum atomic E-state index is -4.47. The van der Waals surface area contributed by atoms with Gasteiger partial charge in [-0.15, -0.1) is 0 Å². The van der Waals surface area contributed by atoms with Crippen LogP contribution in [0.3, 0.4) is 0 Å². The molecule has 0 radical (unpaired) electrons. The zero-order valence-electron chi connectivity index (χ0n) is 14.6. The second-order valence-corrected chi connectivity index (χ2v) is 6.26. The molecule has 0 saturated carbocycles. The monoisotopic (exact) mass is 379 g/mol. The maximum absolute atomic E-state index is 13.3. The van der Waals surface area contributed by atoms with Crippen molar-refractivity contribution in [1.29, 1.82) is 0 Å². The Balaban J connectivity index is 1.88. The van der Waals surface area contributed by atoms with E-state index in [-0.39, 0.29) is 19.6 Å². The molecule has 1 atom stereocenters. The molecule has 0 aromatic carbocycles. The molecule has 148 valence electrons. The van der Waals surface area contributed by atoms with Crippen molar-refractivity contribution in [2.45, 2.75) is 19.1 Å². The molecule has 2 heterocycles. The Labute approximate surface area is 149 Å².